The number of aryl methyl sites for hydroxylation is 2. The Kier molecular flexibility index (Phi) is 2.60. The van der Waals surface area contributed by atoms with Crippen molar-refractivity contribution in [1.29, 1.82) is 0 Å². The van der Waals surface area contributed by atoms with E-state index < -0.39 is 0 Å². The average Bonchev–Trinajstić information content (AvgIpc) is 2.58. The SMILES string of the molecule is C#Cc1nc(C)n(-c2ccn(C)c(=O)c2)c1C. The highest BCUT2D eigenvalue weighted by molar-refractivity contribution is 5.40. The predicted molar refractivity (Wildman–Crippen MR) is 66.2 cm³/mol. The maximum absolute atomic E-state index is 11.6. The van der Waals surface area contributed by atoms with Gasteiger partial charge in [0.1, 0.15) is 11.5 Å². The summed E-state index contributed by atoms with van der Waals surface area (Å²) in [7, 11) is 1.71. The standard InChI is InChI=1S/C13H13N3O/c1-5-12-9(2)16(10(3)14-12)11-6-7-15(4)13(17)8-11/h1,6-8H,2-4H3. The molecule has 2 aromatic rings. The van der Waals surface area contributed by atoms with E-state index in [0.717, 1.165) is 17.2 Å². The fourth-order valence-corrected chi connectivity index (χ4v) is 1.84. The molecule has 4 nitrogen and oxygen atoms in total. The van der Waals surface area contributed by atoms with Crippen molar-refractivity contribution in [2.24, 2.45) is 7.05 Å². The van der Waals surface area contributed by atoms with Crippen molar-refractivity contribution >= 4 is 0 Å². The molecule has 86 valence electrons. The van der Waals surface area contributed by atoms with Gasteiger partial charge in [0.25, 0.3) is 5.56 Å². The Hall–Kier alpha value is -2.28. The second kappa shape index (κ2) is 3.95. The predicted octanol–water partition coefficient (Wildman–Crippen LogP) is 1.17. The van der Waals surface area contributed by atoms with Crippen LogP contribution in [0.2, 0.25) is 0 Å². The maximum atomic E-state index is 11.6. The van der Waals surface area contributed by atoms with Crippen molar-refractivity contribution in [3.8, 4) is 18.0 Å². The molecule has 0 saturated heterocycles. The number of imidazole rings is 1. The summed E-state index contributed by atoms with van der Waals surface area (Å²) in [6, 6.07) is 3.44. The lowest BCUT2D eigenvalue weighted by Crippen LogP contribution is -2.16. The van der Waals surface area contributed by atoms with Crippen LogP contribution in [0.3, 0.4) is 0 Å². The van der Waals surface area contributed by atoms with E-state index in [1.54, 1.807) is 19.3 Å². The first-order valence-corrected chi connectivity index (χ1v) is 5.24. The molecule has 17 heavy (non-hydrogen) atoms. The Morgan fingerprint density at radius 2 is 2.12 bits per heavy atom. The van der Waals surface area contributed by atoms with Gasteiger partial charge in [-0.15, -0.1) is 6.42 Å². The lowest BCUT2D eigenvalue weighted by molar-refractivity contribution is 0.843. The van der Waals surface area contributed by atoms with Gasteiger partial charge < -0.3 is 4.57 Å². The van der Waals surface area contributed by atoms with Crippen LogP contribution in [-0.2, 0) is 7.05 Å². The van der Waals surface area contributed by atoms with Crippen LogP contribution in [0.1, 0.15) is 17.2 Å². The number of pyridine rings is 1. The second-order valence-corrected chi connectivity index (χ2v) is 3.91. The zero-order valence-corrected chi connectivity index (χ0v) is 10.1. The molecule has 0 fully saturated rings. The van der Waals surface area contributed by atoms with E-state index >= 15 is 0 Å². The fourth-order valence-electron chi connectivity index (χ4n) is 1.84. The number of terminal acetylenes is 1. The monoisotopic (exact) mass is 227 g/mol. The first-order valence-electron chi connectivity index (χ1n) is 5.24. The number of nitrogens with zero attached hydrogens (tertiary/aromatic N) is 3. The van der Waals surface area contributed by atoms with E-state index in [9.17, 15) is 4.79 Å². The van der Waals surface area contributed by atoms with Gasteiger partial charge in [0.15, 0.2) is 0 Å². The zero-order valence-electron chi connectivity index (χ0n) is 10.1. The minimum Gasteiger partial charge on any atom is -0.318 e. The smallest absolute Gasteiger partial charge is 0.252 e. The highest BCUT2D eigenvalue weighted by Gasteiger charge is 2.11. The van der Waals surface area contributed by atoms with Gasteiger partial charge in [0.2, 0.25) is 0 Å². The maximum Gasteiger partial charge on any atom is 0.252 e. The number of aromatic nitrogens is 3. The van der Waals surface area contributed by atoms with E-state index in [4.69, 9.17) is 6.42 Å². The fraction of sp³-hybridized carbons (Fsp3) is 0.231. The van der Waals surface area contributed by atoms with Crippen LogP contribution in [0.15, 0.2) is 23.1 Å². The number of rotatable bonds is 1. The molecular weight excluding hydrogens is 214 g/mol. The van der Waals surface area contributed by atoms with E-state index in [1.807, 2.05) is 24.5 Å². The Bertz CT molecular complexity index is 671. The zero-order chi connectivity index (χ0) is 12.6. The van der Waals surface area contributed by atoms with Gasteiger partial charge >= 0.3 is 0 Å². The van der Waals surface area contributed by atoms with Gasteiger partial charge in [-0.05, 0) is 25.8 Å². The molecule has 0 unspecified atom stereocenters. The van der Waals surface area contributed by atoms with Gasteiger partial charge in [-0.1, -0.05) is 0 Å². The molecule has 0 N–H and O–H groups in total. The molecule has 2 rings (SSSR count). The van der Waals surface area contributed by atoms with Crippen molar-refractivity contribution in [3.63, 3.8) is 0 Å². The van der Waals surface area contributed by atoms with Gasteiger partial charge in [0, 0.05) is 19.3 Å². The molecule has 0 aliphatic rings. The molecule has 0 aliphatic carbocycles. The summed E-state index contributed by atoms with van der Waals surface area (Å²) in [5, 5.41) is 0. The Balaban J connectivity index is 2.69. The Morgan fingerprint density at radius 1 is 1.41 bits per heavy atom. The minimum absolute atomic E-state index is 0.0581. The van der Waals surface area contributed by atoms with Crippen molar-refractivity contribution in [3.05, 3.63) is 45.9 Å². The van der Waals surface area contributed by atoms with E-state index in [1.165, 1.54) is 4.57 Å². The summed E-state index contributed by atoms with van der Waals surface area (Å²) in [5.74, 6) is 3.32. The molecule has 2 aromatic heterocycles. The van der Waals surface area contributed by atoms with Crippen LogP contribution < -0.4 is 5.56 Å². The summed E-state index contributed by atoms with van der Waals surface area (Å²) in [6.07, 6.45) is 7.10. The topological polar surface area (TPSA) is 39.8 Å². The van der Waals surface area contributed by atoms with Crippen LogP contribution in [0, 0.1) is 26.2 Å². The quantitative estimate of drug-likeness (QED) is 0.686. The van der Waals surface area contributed by atoms with E-state index in [2.05, 4.69) is 10.9 Å². The highest BCUT2D eigenvalue weighted by atomic mass is 16.1. The van der Waals surface area contributed by atoms with Gasteiger partial charge in [-0.3, -0.25) is 9.36 Å². The largest absolute Gasteiger partial charge is 0.318 e. The molecule has 0 aliphatic heterocycles. The van der Waals surface area contributed by atoms with Crippen molar-refractivity contribution in [2.75, 3.05) is 0 Å². The first-order chi connectivity index (χ1) is 8.04. The lowest BCUT2D eigenvalue weighted by atomic mass is 10.3. The summed E-state index contributed by atoms with van der Waals surface area (Å²) in [4.78, 5) is 15.9. The summed E-state index contributed by atoms with van der Waals surface area (Å²) in [6.45, 7) is 3.76. The van der Waals surface area contributed by atoms with E-state index in [0.29, 0.717) is 5.69 Å². The molecule has 0 amide bonds. The second-order valence-electron chi connectivity index (χ2n) is 3.91. The number of hydrogen-bond acceptors (Lipinski definition) is 2. The van der Waals surface area contributed by atoms with Crippen LogP contribution in [0.25, 0.3) is 5.69 Å². The molecule has 0 atom stereocenters. The average molecular weight is 227 g/mol. The molecule has 0 saturated carbocycles. The highest BCUT2D eigenvalue weighted by Crippen LogP contribution is 2.15. The molecule has 0 aromatic carbocycles. The third-order valence-corrected chi connectivity index (χ3v) is 2.76. The third kappa shape index (κ3) is 1.76. The number of hydrogen-bond donors (Lipinski definition) is 0. The summed E-state index contributed by atoms with van der Waals surface area (Å²) < 4.78 is 3.41. The Labute approximate surface area is 99.5 Å². The molecule has 0 radical (unpaired) electrons. The molecule has 2 heterocycles. The summed E-state index contributed by atoms with van der Waals surface area (Å²) in [5.41, 5.74) is 2.22. The third-order valence-electron chi connectivity index (χ3n) is 2.76. The van der Waals surface area contributed by atoms with Crippen LogP contribution in [0.5, 0.6) is 0 Å². The van der Waals surface area contributed by atoms with Crippen molar-refractivity contribution in [2.45, 2.75) is 13.8 Å². The molecule has 0 spiro atoms. The lowest BCUT2D eigenvalue weighted by Gasteiger charge is -2.08. The molecular formula is C13H13N3O. The normalized spacial score (nSPS) is 10.2. The minimum atomic E-state index is -0.0581. The summed E-state index contributed by atoms with van der Waals surface area (Å²) >= 11 is 0. The van der Waals surface area contributed by atoms with E-state index in [-0.39, 0.29) is 5.56 Å². The Morgan fingerprint density at radius 3 is 2.65 bits per heavy atom. The van der Waals surface area contributed by atoms with Gasteiger partial charge in [-0.2, -0.15) is 0 Å². The van der Waals surface area contributed by atoms with Crippen LogP contribution in [-0.4, -0.2) is 14.1 Å². The van der Waals surface area contributed by atoms with Gasteiger partial charge in [-0.25, -0.2) is 4.98 Å². The van der Waals surface area contributed by atoms with Crippen LogP contribution in [0.4, 0.5) is 0 Å². The van der Waals surface area contributed by atoms with Crippen LogP contribution >= 0.6 is 0 Å². The first kappa shape index (κ1) is 11.2. The molecule has 4 heteroatoms. The van der Waals surface area contributed by atoms with Gasteiger partial charge in [0.05, 0.1) is 11.4 Å². The van der Waals surface area contributed by atoms with Crippen molar-refractivity contribution in [1.82, 2.24) is 14.1 Å². The van der Waals surface area contributed by atoms with Crippen molar-refractivity contribution < 1.29 is 0 Å². The molecule has 0 bridgehead atoms.